The van der Waals surface area contributed by atoms with Crippen molar-refractivity contribution in [2.45, 2.75) is 31.7 Å². The van der Waals surface area contributed by atoms with Gasteiger partial charge in [0.15, 0.2) is 0 Å². The minimum atomic E-state index is 0.0589. The van der Waals surface area contributed by atoms with E-state index in [9.17, 15) is 4.79 Å². The molecule has 2 aliphatic rings. The maximum absolute atomic E-state index is 11.7. The van der Waals surface area contributed by atoms with E-state index in [1.807, 2.05) is 0 Å². The Bertz CT molecular complexity index is 313. The van der Waals surface area contributed by atoms with Gasteiger partial charge in [-0.15, -0.1) is 6.42 Å². The summed E-state index contributed by atoms with van der Waals surface area (Å²) in [4.78, 5) is 14.1. The van der Waals surface area contributed by atoms with Crippen molar-refractivity contribution < 1.29 is 4.79 Å². The van der Waals surface area contributed by atoms with Gasteiger partial charge < -0.3 is 10.6 Å². The van der Waals surface area contributed by atoms with Crippen molar-refractivity contribution in [1.29, 1.82) is 0 Å². The van der Waals surface area contributed by atoms with Gasteiger partial charge in [-0.05, 0) is 44.7 Å². The molecule has 1 amide bonds. The quantitative estimate of drug-likeness (QED) is 0.661. The van der Waals surface area contributed by atoms with Crippen molar-refractivity contribution >= 4 is 5.91 Å². The zero-order valence-corrected chi connectivity index (χ0v) is 11.0. The zero-order valence-electron chi connectivity index (χ0n) is 11.0. The van der Waals surface area contributed by atoms with Crippen LogP contribution in [0.5, 0.6) is 0 Å². The monoisotopic (exact) mass is 249 g/mol. The van der Waals surface area contributed by atoms with Gasteiger partial charge >= 0.3 is 0 Å². The molecule has 2 fully saturated rings. The first kappa shape index (κ1) is 13.4. The molecule has 1 aliphatic heterocycles. The van der Waals surface area contributed by atoms with E-state index in [0.717, 1.165) is 19.6 Å². The summed E-state index contributed by atoms with van der Waals surface area (Å²) < 4.78 is 0. The molecule has 1 unspecified atom stereocenters. The summed E-state index contributed by atoms with van der Waals surface area (Å²) in [7, 11) is 0. The Morgan fingerprint density at radius 1 is 1.44 bits per heavy atom. The smallest absolute Gasteiger partial charge is 0.234 e. The Morgan fingerprint density at radius 3 is 2.89 bits per heavy atom. The van der Waals surface area contributed by atoms with Crippen molar-refractivity contribution in [2.24, 2.45) is 5.92 Å². The highest BCUT2D eigenvalue weighted by atomic mass is 16.2. The molecule has 100 valence electrons. The summed E-state index contributed by atoms with van der Waals surface area (Å²) in [6.07, 6.45) is 10.2. The van der Waals surface area contributed by atoms with Crippen molar-refractivity contribution in [1.82, 2.24) is 15.5 Å². The molecule has 4 heteroatoms. The van der Waals surface area contributed by atoms with Crippen molar-refractivity contribution in [2.75, 3.05) is 32.7 Å². The van der Waals surface area contributed by atoms with Crippen LogP contribution in [0.3, 0.4) is 0 Å². The Kier molecular flexibility index (Phi) is 5.03. The molecule has 0 radical (unpaired) electrons. The van der Waals surface area contributed by atoms with Gasteiger partial charge in [0.25, 0.3) is 0 Å². The standard InChI is InChI=1S/C14H23N3O/c1-2-7-16-14(18)11-17(13-5-6-13)10-12-4-3-8-15-9-12/h1,12-13,15H,3-11H2,(H,16,18). The number of carbonyl (C=O) groups excluding carboxylic acids is 1. The van der Waals surface area contributed by atoms with Crippen LogP contribution < -0.4 is 10.6 Å². The molecule has 18 heavy (non-hydrogen) atoms. The van der Waals surface area contributed by atoms with Crippen LogP contribution in [0.2, 0.25) is 0 Å². The van der Waals surface area contributed by atoms with E-state index in [1.165, 1.54) is 25.7 Å². The highest BCUT2D eigenvalue weighted by Crippen LogP contribution is 2.28. The third-order valence-electron chi connectivity index (χ3n) is 3.69. The van der Waals surface area contributed by atoms with Crippen LogP contribution in [0.15, 0.2) is 0 Å². The van der Waals surface area contributed by atoms with Gasteiger partial charge in [-0.2, -0.15) is 0 Å². The van der Waals surface area contributed by atoms with E-state index in [2.05, 4.69) is 21.5 Å². The molecule has 0 spiro atoms. The molecule has 2 N–H and O–H groups in total. The lowest BCUT2D eigenvalue weighted by Gasteiger charge is -2.29. The molecular formula is C14H23N3O. The van der Waals surface area contributed by atoms with Gasteiger partial charge in [-0.3, -0.25) is 9.69 Å². The van der Waals surface area contributed by atoms with Crippen LogP contribution in [-0.2, 0) is 4.79 Å². The Balaban J connectivity index is 1.76. The zero-order chi connectivity index (χ0) is 12.8. The predicted molar refractivity (Wildman–Crippen MR) is 72.0 cm³/mol. The lowest BCUT2D eigenvalue weighted by molar-refractivity contribution is -0.122. The molecule has 0 aromatic rings. The average molecular weight is 249 g/mol. The average Bonchev–Trinajstić information content (AvgIpc) is 3.21. The normalized spacial score (nSPS) is 23.7. The largest absolute Gasteiger partial charge is 0.344 e. The number of amides is 1. The van der Waals surface area contributed by atoms with Crippen LogP contribution >= 0.6 is 0 Å². The summed E-state index contributed by atoms with van der Waals surface area (Å²) in [5, 5.41) is 6.18. The lowest BCUT2D eigenvalue weighted by Crippen LogP contribution is -2.44. The molecule has 1 atom stereocenters. The molecule has 0 aromatic heterocycles. The van der Waals surface area contributed by atoms with Gasteiger partial charge in [0.05, 0.1) is 13.1 Å². The highest BCUT2D eigenvalue weighted by Gasteiger charge is 2.31. The molecule has 1 saturated carbocycles. The predicted octanol–water partition coefficient (Wildman–Crippen LogP) is 0.200. The molecule has 1 saturated heterocycles. The van der Waals surface area contributed by atoms with Crippen molar-refractivity contribution in [3.05, 3.63) is 0 Å². The van der Waals surface area contributed by atoms with Crippen LogP contribution in [0.1, 0.15) is 25.7 Å². The van der Waals surface area contributed by atoms with Gasteiger partial charge in [-0.25, -0.2) is 0 Å². The van der Waals surface area contributed by atoms with E-state index >= 15 is 0 Å². The Morgan fingerprint density at radius 2 is 2.28 bits per heavy atom. The number of nitrogens with zero attached hydrogens (tertiary/aromatic N) is 1. The minimum absolute atomic E-state index is 0.0589. The molecule has 0 bridgehead atoms. The number of carbonyl (C=O) groups is 1. The first-order chi connectivity index (χ1) is 8.79. The lowest BCUT2D eigenvalue weighted by atomic mass is 9.99. The molecule has 4 nitrogen and oxygen atoms in total. The van der Waals surface area contributed by atoms with E-state index in [1.54, 1.807) is 0 Å². The van der Waals surface area contributed by atoms with Crippen molar-refractivity contribution in [3.8, 4) is 12.3 Å². The fraction of sp³-hybridized carbons (Fsp3) is 0.786. The molecular weight excluding hydrogens is 226 g/mol. The van der Waals surface area contributed by atoms with Crippen LogP contribution in [0, 0.1) is 18.3 Å². The van der Waals surface area contributed by atoms with Gasteiger partial charge in [0.1, 0.15) is 0 Å². The SMILES string of the molecule is C#CCNC(=O)CN(CC1CCCNC1)C1CC1. The fourth-order valence-corrected chi connectivity index (χ4v) is 2.58. The molecule has 2 rings (SSSR count). The Hall–Kier alpha value is -1.05. The second-order valence-corrected chi connectivity index (χ2v) is 5.35. The minimum Gasteiger partial charge on any atom is -0.344 e. The van der Waals surface area contributed by atoms with Crippen LogP contribution in [-0.4, -0.2) is 49.6 Å². The number of nitrogens with one attached hydrogen (secondary N) is 2. The number of piperidine rings is 1. The summed E-state index contributed by atoms with van der Waals surface area (Å²) in [5.74, 6) is 3.19. The number of hydrogen-bond acceptors (Lipinski definition) is 3. The van der Waals surface area contributed by atoms with Gasteiger partial charge in [0, 0.05) is 12.6 Å². The first-order valence-electron chi connectivity index (χ1n) is 6.94. The highest BCUT2D eigenvalue weighted by molar-refractivity contribution is 5.78. The molecule has 1 heterocycles. The van der Waals surface area contributed by atoms with Crippen molar-refractivity contribution in [3.63, 3.8) is 0 Å². The maximum atomic E-state index is 11.7. The Labute approximate surface area is 109 Å². The number of rotatable bonds is 6. The summed E-state index contributed by atoms with van der Waals surface area (Å²) in [5.41, 5.74) is 0. The van der Waals surface area contributed by atoms with E-state index < -0.39 is 0 Å². The topological polar surface area (TPSA) is 44.4 Å². The molecule has 1 aliphatic carbocycles. The third kappa shape index (κ3) is 4.32. The summed E-state index contributed by atoms with van der Waals surface area (Å²) >= 11 is 0. The summed E-state index contributed by atoms with van der Waals surface area (Å²) in [6.45, 7) is 4.12. The van der Waals surface area contributed by atoms with Crippen LogP contribution in [0.25, 0.3) is 0 Å². The second kappa shape index (κ2) is 6.77. The molecule has 0 aromatic carbocycles. The fourth-order valence-electron chi connectivity index (χ4n) is 2.58. The number of terminal acetylenes is 1. The third-order valence-corrected chi connectivity index (χ3v) is 3.69. The van der Waals surface area contributed by atoms with Gasteiger partial charge in [-0.1, -0.05) is 5.92 Å². The number of hydrogen-bond donors (Lipinski definition) is 2. The van der Waals surface area contributed by atoms with E-state index in [4.69, 9.17) is 6.42 Å². The first-order valence-corrected chi connectivity index (χ1v) is 6.94. The van der Waals surface area contributed by atoms with Crippen LogP contribution in [0.4, 0.5) is 0 Å². The second-order valence-electron chi connectivity index (χ2n) is 5.35. The van der Waals surface area contributed by atoms with E-state index in [0.29, 0.717) is 25.0 Å². The summed E-state index contributed by atoms with van der Waals surface area (Å²) in [6, 6.07) is 0.628. The van der Waals surface area contributed by atoms with Gasteiger partial charge in [0.2, 0.25) is 5.91 Å². The maximum Gasteiger partial charge on any atom is 0.234 e. The van der Waals surface area contributed by atoms with E-state index in [-0.39, 0.29) is 5.91 Å².